The van der Waals surface area contributed by atoms with Crippen molar-refractivity contribution in [3.8, 4) is 0 Å². The van der Waals surface area contributed by atoms with E-state index in [0.29, 0.717) is 18.4 Å². The molecule has 0 unspecified atom stereocenters. The number of rotatable bonds is 5. The lowest BCUT2D eigenvalue weighted by Crippen LogP contribution is -2.09. The lowest BCUT2D eigenvalue weighted by atomic mass is 9.97. The fraction of sp³-hybridized carbons (Fsp3) is 0.333. The highest BCUT2D eigenvalue weighted by Gasteiger charge is 2.12. The Morgan fingerprint density at radius 1 is 1.53 bits per heavy atom. The number of benzene rings is 1. The Labute approximate surface area is 97.8 Å². The molecule has 0 fully saturated rings. The maximum absolute atomic E-state index is 11.7. The molecule has 0 N–H and O–H groups in total. The maximum atomic E-state index is 11.7. The van der Waals surface area contributed by atoms with Crippen molar-refractivity contribution in [3.05, 3.63) is 34.3 Å². The Bertz CT molecular complexity index is 360. The minimum absolute atomic E-state index is 0.0234. The van der Waals surface area contributed by atoms with Crippen LogP contribution in [-0.4, -0.2) is 12.1 Å². The summed E-state index contributed by atoms with van der Waals surface area (Å²) in [5.74, 6) is -0.133. The number of halogens is 1. The van der Waals surface area contributed by atoms with Crippen LogP contribution in [0.3, 0.4) is 0 Å². The zero-order valence-electron chi connectivity index (χ0n) is 8.57. The van der Waals surface area contributed by atoms with E-state index >= 15 is 0 Å². The van der Waals surface area contributed by atoms with E-state index in [0.717, 1.165) is 10.8 Å². The molecule has 1 rings (SSSR count). The van der Waals surface area contributed by atoms with Crippen LogP contribution >= 0.6 is 15.9 Å². The fourth-order valence-electron chi connectivity index (χ4n) is 1.31. The second kappa shape index (κ2) is 5.81. The van der Waals surface area contributed by atoms with E-state index in [9.17, 15) is 9.59 Å². The Morgan fingerprint density at radius 3 is 2.80 bits per heavy atom. The second-order valence-corrected chi connectivity index (χ2v) is 4.36. The van der Waals surface area contributed by atoms with Crippen molar-refractivity contribution >= 4 is 28.0 Å². The van der Waals surface area contributed by atoms with Crippen molar-refractivity contribution in [3.63, 3.8) is 0 Å². The summed E-state index contributed by atoms with van der Waals surface area (Å²) in [6.07, 6.45) is 1.87. The number of hydrogen-bond acceptors (Lipinski definition) is 2. The van der Waals surface area contributed by atoms with Gasteiger partial charge < -0.3 is 4.79 Å². The van der Waals surface area contributed by atoms with E-state index in [1.807, 2.05) is 19.1 Å². The van der Waals surface area contributed by atoms with Crippen molar-refractivity contribution in [2.24, 2.45) is 5.92 Å². The molecule has 0 aliphatic rings. The first-order valence-electron chi connectivity index (χ1n) is 4.91. The van der Waals surface area contributed by atoms with Gasteiger partial charge in [0.2, 0.25) is 0 Å². The first-order chi connectivity index (χ1) is 7.17. The molecule has 0 saturated carbocycles. The molecule has 1 aromatic rings. The van der Waals surface area contributed by atoms with Crippen LogP contribution in [0.4, 0.5) is 0 Å². The van der Waals surface area contributed by atoms with Gasteiger partial charge in [-0.3, -0.25) is 4.79 Å². The summed E-state index contributed by atoms with van der Waals surface area (Å²) in [6.45, 7) is 1.91. The summed E-state index contributed by atoms with van der Waals surface area (Å²) >= 11 is 3.31. The smallest absolute Gasteiger partial charge is 0.163 e. The summed E-state index contributed by atoms with van der Waals surface area (Å²) in [7, 11) is 0. The minimum atomic E-state index is -0.156. The molecule has 0 amide bonds. The van der Waals surface area contributed by atoms with Crippen LogP contribution in [0.5, 0.6) is 0 Å². The van der Waals surface area contributed by atoms with Gasteiger partial charge in [0.25, 0.3) is 0 Å². The predicted molar refractivity (Wildman–Crippen MR) is 62.9 cm³/mol. The van der Waals surface area contributed by atoms with E-state index in [1.54, 1.807) is 12.1 Å². The maximum Gasteiger partial charge on any atom is 0.163 e. The van der Waals surface area contributed by atoms with Gasteiger partial charge in [0.05, 0.1) is 0 Å². The van der Waals surface area contributed by atoms with Crippen LogP contribution in [0, 0.1) is 5.92 Å². The van der Waals surface area contributed by atoms with Crippen LogP contribution in [-0.2, 0) is 4.79 Å². The molecule has 0 spiro atoms. The van der Waals surface area contributed by atoms with E-state index in [1.165, 1.54) is 0 Å². The van der Waals surface area contributed by atoms with Gasteiger partial charge in [-0.25, -0.2) is 0 Å². The van der Waals surface area contributed by atoms with Crippen LogP contribution in [0.2, 0.25) is 0 Å². The van der Waals surface area contributed by atoms with Gasteiger partial charge >= 0.3 is 0 Å². The summed E-state index contributed by atoms with van der Waals surface area (Å²) in [4.78, 5) is 22.4. The molecule has 0 heterocycles. The Kier molecular flexibility index (Phi) is 4.69. The molecule has 0 aliphatic carbocycles. The summed E-state index contributed by atoms with van der Waals surface area (Å²) in [5.41, 5.74) is 0.657. The standard InChI is InChI=1S/C12H13BrO2/c1-2-9(8-14)6-12(15)10-4-3-5-11(13)7-10/h3-5,7-9H,2,6H2,1H3/t9-/m1/s1. The molecule has 15 heavy (non-hydrogen) atoms. The molecule has 1 atom stereocenters. The number of Topliss-reactive ketones (excluding diaryl/α,β-unsaturated/α-hetero) is 1. The van der Waals surface area contributed by atoms with Gasteiger partial charge in [0.15, 0.2) is 5.78 Å². The topological polar surface area (TPSA) is 34.1 Å². The second-order valence-electron chi connectivity index (χ2n) is 3.44. The van der Waals surface area contributed by atoms with Gasteiger partial charge in [-0.2, -0.15) is 0 Å². The predicted octanol–water partition coefficient (Wildman–Crippen LogP) is 3.25. The minimum Gasteiger partial charge on any atom is -0.303 e. The fourth-order valence-corrected chi connectivity index (χ4v) is 1.71. The molecule has 0 bridgehead atoms. The highest BCUT2D eigenvalue weighted by atomic mass is 79.9. The van der Waals surface area contributed by atoms with Crippen LogP contribution in [0.15, 0.2) is 28.7 Å². The van der Waals surface area contributed by atoms with Crippen molar-refractivity contribution in [2.45, 2.75) is 19.8 Å². The average Bonchev–Trinajstić information content (AvgIpc) is 2.25. The molecule has 0 radical (unpaired) electrons. The van der Waals surface area contributed by atoms with Crippen LogP contribution in [0.25, 0.3) is 0 Å². The normalized spacial score (nSPS) is 12.1. The number of carbonyl (C=O) groups excluding carboxylic acids is 2. The third-order valence-corrected chi connectivity index (χ3v) is 2.80. The van der Waals surface area contributed by atoms with Gasteiger partial charge in [0, 0.05) is 22.4 Å². The third-order valence-electron chi connectivity index (χ3n) is 2.31. The lowest BCUT2D eigenvalue weighted by molar-refractivity contribution is -0.111. The molecule has 2 nitrogen and oxygen atoms in total. The molecule has 0 aromatic heterocycles. The molecule has 80 valence electrons. The van der Waals surface area contributed by atoms with E-state index in [-0.39, 0.29) is 11.7 Å². The van der Waals surface area contributed by atoms with E-state index in [2.05, 4.69) is 15.9 Å². The quantitative estimate of drug-likeness (QED) is 0.607. The van der Waals surface area contributed by atoms with Gasteiger partial charge in [0.1, 0.15) is 6.29 Å². The lowest BCUT2D eigenvalue weighted by Gasteiger charge is -2.06. The monoisotopic (exact) mass is 268 g/mol. The Balaban J connectivity index is 2.72. The first-order valence-corrected chi connectivity index (χ1v) is 5.70. The third kappa shape index (κ3) is 3.59. The summed E-state index contributed by atoms with van der Waals surface area (Å²) < 4.78 is 0.882. The molecule has 0 aliphatic heterocycles. The summed E-state index contributed by atoms with van der Waals surface area (Å²) in [5, 5.41) is 0. The van der Waals surface area contributed by atoms with E-state index < -0.39 is 0 Å². The largest absolute Gasteiger partial charge is 0.303 e. The summed E-state index contributed by atoms with van der Waals surface area (Å²) in [6, 6.07) is 7.23. The highest BCUT2D eigenvalue weighted by molar-refractivity contribution is 9.10. The van der Waals surface area contributed by atoms with Gasteiger partial charge in [-0.1, -0.05) is 35.0 Å². The SMILES string of the molecule is CC[C@@H](C=O)CC(=O)c1cccc(Br)c1. The van der Waals surface area contributed by atoms with E-state index in [4.69, 9.17) is 0 Å². The van der Waals surface area contributed by atoms with Crippen molar-refractivity contribution in [1.29, 1.82) is 0 Å². The van der Waals surface area contributed by atoms with Crippen LogP contribution in [0.1, 0.15) is 30.1 Å². The van der Waals surface area contributed by atoms with Crippen molar-refractivity contribution in [1.82, 2.24) is 0 Å². The average molecular weight is 269 g/mol. The number of aldehydes is 1. The van der Waals surface area contributed by atoms with Gasteiger partial charge in [-0.05, 0) is 18.6 Å². The molecular formula is C12H13BrO2. The number of carbonyl (C=O) groups is 2. The number of hydrogen-bond donors (Lipinski definition) is 0. The molecule has 3 heteroatoms. The van der Waals surface area contributed by atoms with Gasteiger partial charge in [-0.15, -0.1) is 0 Å². The Hall–Kier alpha value is -0.960. The van der Waals surface area contributed by atoms with Crippen molar-refractivity contribution < 1.29 is 9.59 Å². The Morgan fingerprint density at radius 2 is 2.27 bits per heavy atom. The molecule has 1 aromatic carbocycles. The zero-order chi connectivity index (χ0) is 11.3. The highest BCUT2D eigenvalue weighted by Crippen LogP contribution is 2.15. The molecular weight excluding hydrogens is 256 g/mol. The first kappa shape index (κ1) is 12.1. The van der Waals surface area contributed by atoms with Crippen molar-refractivity contribution in [2.75, 3.05) is 0 Å². The number of ketones is 1. The molecule has 0 saturated heterocycles. The zero-order valence-corrected chi connectivity index (χ0v) is 10.2. The van der Waals surface area contributed by atoms with Crippen LogP contribution < -0.4 is 0 Å².